The number of rotatable bonds is 5. The lowest BCUT2D eigenvalue weighted by Crippen LogP contribution is -2.43. The van der Waals surface area contributed by atoms with Gasteiger partial charge in [-0.2, -0.15) is 5.26 Å². The van der Waals surface area contributed by atoms with Crippen LogP contribution in [0.2, 0.25) is 0 Å². The molecule has 0 radical (unpaired) electrons. The fourth-order valence-electron chi connectivity index (χ4n) is 3.23. The third-order valence-corrected chi connectivity index (χ3v) is 5.92. The minimum absolute atomic E-state index is 0.430. The van der Waals surface area contributed by atoms with Crippen LogP contribution in [0.1, 0.15) is 11.3 Å². The van der Waals surface area contributed by atoms with Crippen LogP contribution in [-0.4, -0.2) is 48.2 Å². The molecule has 0 aliphatic carbocycles. The highest BCUT2D eigenvalue weighted by Gasteiger charge is 2.16. The Balaban J connectivity index is 1.57. The van der Waals surface area contributed by atoms with E-state index in [9.17, 15) is 5.26 Å². The highest BCUT2D eigenvalue weighted by Crippen LogP contribution is 2.33. The number of aromatic nitrogens is 3. The second-order valence-electron chi connectivity index (χ2n) is 6.66. The van der Waals surface area contributed by atoms with Crippen molar-refractivity contribution in [3.05, 3.63) is 41.7 Å². The van der Waals surface area contributed by atoms with E-state index in [1.807, 2.05) is 26.1 Å². The van der Waals surface area contributed by atoms with Crippen molar-refractivity contribution in [2.24, 2.45) is 0 Å². The Hall–Kier alpha value is -3.22. The Morgan fingerprint density at radius 3 is 2.59 bits per heavy atom. The largest absolute Gasteiger partial charge is 0.369 e. The van der Waals surface area contributed by atoms with Crippen molar-refractivity contribution in [2.75, 3.05) is 48.8 Å². The molecule has 148 valence electrons. The Bertz CT molecular complexity index is 1030. The number of anilines is 4. The molecule has 4 rings (SSSR count). The van der Waals surface area contributed by atoms with Crippen LogP contribution >= 0.6 is 11.3 Å². The van der Waals surface area contributed by atoms with Crippen molar-refractivity contribution < 1.29 is 0 Å². The average Bonchev–Trinajstić information content (AvgIpc) is 3.15. The molecular weight excluding hydrogens is 384 g/mol. The van der Waals surface area contributed by atoms with Crippen LogP contribution in [-0.2, 0) is 0 Å². The maximum absolute atomic E-state index is 9.48. The van der Waals surface area contributed by atoms with Crippen molar-refractivity contribution in [3.8, 4) is 16.6 Å². The fourth-order valence-corrected chi connectivity index (χ4v) is 4.15. The lowest BCUT2D eigenvalue weighted by atomic mass is 10.2. The molecule has 0 spiro atoms. The number of thiazole rings is 1. The van der Waals surface area contributed by atoms with Gasteiger partial charge in [-0.1, -0.05) is 11.3 Å². The summed E-state index contributed by atoms with van der Waals surface area (Å²) in [6, 6.07) is 10.4. The van der Waals surface area contributed by atoms with E-state index in [0.717, 1.165) is 47.6 Å². The van der Waals surface area contributed by atoms with Gasteiger partial charge < -0.3 is 20.9 Å². The van der Waals surface area contributed by atoms with E-state index in [4.69, 9.17) is 0 Å². The molecule has 2 aromatic heterocycles. The predicted octanol–water partition coefficient (Wildman–Crippen LogP) is 2.98. The SMILES string of the molecule is CNc1nc(C)c(-c2nc(Nc3ccc(N4CCNCC4)cc3)ncc2C#N)s1. The van der Waals surface area contributed by atoms with Crippen LogP contribution in [0.25, 0.3) is 10.6 Å². The first-order valence-electron chi connectivity index (χ1n) is 9.43. The zero-order valence-electron chi connectivity index (χ0n) is 16.4. The van der Waals surface area contributed by atoms with Crippen LogP contribution in [0.15, 0.2) is 30.5 Å². The number of benzene rings is 1. The first-order valence-corrected chi connectivity index (χ1v) is 10.2. The molecule has 0 unspecified atom stereocenters. The zero-order chi connectivity index (χ0) is 20.2. The minimum Gasteiger partial charge on any atom is -0.369 e. The molecule has 1 saturated heterocycles. The average molecular weight is 407 g/mol. The van der Waals surface area contributed by atoms with Crippen molar-refractivity contribution in [1.29, 1.82) is 5.26 Å². The standard InChI is InChI=1S/C20H22N8S/c1-13-18(29-20(22-2)25-13)17-14(11-21)12-24-19(27-17)26-15-3-5-16(6-4-15)28-9-7-23-8-10-28/h3-6,12,23H,7-10H2,1-2H3,(H,22,25)(H,24,26,27). The lowest BCUT2D eigenvalue weighted by molar-refractivity contribution is 0.589. The summed E-state index contributed by atoms with van der Waals surface area (Å²) in [7, 11) is 1.82. The van der Waals surface area contributed by atoms with Gasteiger partial charge in [0, 0.05) is 44.6 Å². The molecule has 0 atom stereocenters. The van der Waals surface area contributed by atoms with Crippen molar-refractivity contribution >= 4 is 33.8 Å². The summed E-state index contributed by atoms with van der Waals surface area (Å²) in [4.78, 5) is 16.6. The molecule has 0 bridgehead atoms. The van der Waals surface area contributed by atoms with Crippen molar-refractivity contribution in [2.45, 2.75) is 6.92 Å². The normalized spacial score (nSPS) is 13.8. The van der Waals surface area contributed by atoms with Gasteiger partial charge >= 0.3 is 0 Å². The molecule has 1 aromatic carbocycles. The number of hydrogen-bond donors (Lipinski definition) is 3. The van der Waals surface area contributed by atoms with Gasteiger partial charge in [0.25, 0.3) is 0 Å². The van der Waals surface area contributed by atoms with Crippen LogP contribution in [0, 0.1) is 18.3 Å². The molecule has 9 heteroatoms. The first kappa shape index (κ1) is 19.1. The van der Waals surface area contributed by atoms with Crippen LogP contribution in [0.4, 0.5) is 22.5 Å². The maximum Gasteiger partial charge on any atom is 0.227 e. The molecule has 3 heterocycles. The van der Waals surface area contributed by atoms with Gasteiger partial charge in [0.1, 0.15) is 11.8 Å². The third kappa shape index (κ3) is 4.13. The number of piperazine rings is 1. The van der Waals surface area contributed by atoms with Crippen molar-refractivity contribution in [1.82, 2.24) is 20.3 Å². The van der Waals surface area contributed by atoms with Gasteiger partial charge in [0.2, 0.25) is 5.95 Å². The Morgan fingerprint density at radius 2 is 1.93 bits per heavy atom. The van der Waals surface area contributed by atoms with Gasteiger partial charge in [-0.05, 0) is 31.2 Å². The van der Waals surface area contributed by atoms with E-state index in [-0.39, 0.29) is 0 Å². The second kappa shape index (κ2) is 8.43. The van der Waals surface area contributed by atoms with E-state index in [1.54, 1.807) is 6.20 Å². The molecule has 29 heavy (non-hydrogen) atoms. The molecular formula is C20H22N8S. The number of aryl methyl sites for hydroxylation is 1. The van der Waals surface area contributed by atoms with Crippen LogP contribution in [0.3, 0.4) is 0 Å². The molecule has 3 aromatic rings. The highest BCUT2D eigenvalue weighted by atomic mass is 32.1. The topological polar surface area (TPSA) is 102 Å². The number of nitrogens with zero attached hydrogens (tertiary/aromatic N) is 5. The summed E-state index contributed by atoms with van der Waals surface area (Å²) < 4.78 is 0. The van der Waals surface area contributed by atoms with Gasteiger partial charge in [-0.15, -0.1) is 0 Å². The first-order chi connectivity index (χ1) is 14.2. The predicted molar refractivity (Wildman–Crippen MR) is 117 cm³/mol. The van der Waals surface area contributed by atoms with E-state index >= 15 is 0 Å². The third-order valence-electron chi connectivity index (χ3n) is 4.74. The lowest BCUT2D eigenvalue weighted by Gasteiger charge is -2.29. The molecule has 8 nitrogen and oxygen atoms in total. The Labute approximate surface area is 173 Å². The van der Waals surface area contributed by atoms with Crippen molar-refractivity contribution in [3.63, 3.8) is 0 Å². The van der Waals surface area contributed by atoms with E-state index in [1.165, 1.54) is 17.0 Å². The number of nitriles is 1. The quantitative estimate of drug-likeness (QED) is 0.594. The van der Waals surface area contributed by atoms with Gasteiger partial charge in [-0.25, -0.2) is 15.0 Å². The van der Waals surface area contributed by atoms with Crippen LogP contribution < -0.4 is 20.9 Å². The number of nitrogens with one attached hydrogen (secondary N) is 3. The fraction of sp³-hybridized carbons (Fsp3) is 0.300. The van der Waals surface area contributed by atoms with E-state index in [2.05, 4.69) is 54.0 Å². The van der Waals surface area contributed by atoms with Gasteiger partial charge in [-0.3, -0.25) is 0 Å². The van der Waals surface area contributed by atoms with Crippen LogP contribution in [0.5, 0.6) is 0 Å². The zero-order valence-corrected chi connectivity index (χ0v) is 17.2. The molecule has 1 fully saturated rings. The second-order valence-corrected chi connectivity index (χ2v) is 7.66. The van der Waals surface area contributed by atoms with Gasteiger partial charge in [0.05, 0.1) is 22.3 Å². The molecule has 0 amide bonds. The summed E-state index contributed by atoms with van der Waals surface area (Å²) in [6.07, 6.45) is 1.55. The minimum atomic E-state index is 0.430. The summed E-state index contributed by atoms with van der Waals surface area (Å²) in [5.41, 5.74) is 3.97. The van der Waals surface area contributed by atoms with E-state index in [0.29, 0.717) is 17.2 Å². The summed E-state index contributed by atoms with van der Waals surface area (Å²) in [5.74, 6) is 0.452. The molecule has 1 aliphatic rings. The molecule has 1 aliphatic heterocycles. The summed E-state index contributed by atoms with van der Waals surface area (Å²) in [6.45, 7) is 5.95. The maximum atomic E-state index is 9.48. The summed E-state index contributed by atoms with van der Waals surface area (Å²) in [5, 5.41) is 19.9. The highest BCUT2D eigenvalue weighted by molar-refractivity contribution is 7.19. The molecule has 0 saturated carbocycles. The smallest absolute Gasteiger partial charge is 0.227 e. The van der Waals surface area contributed by atoms with Gasteiger partial charge in [0.15, 0.2) is 5.13 Å². The summed E-state index contributed by atoms with van der Waals surface area (Å²) >= 11 is 1.47. The Kier molecular flexibility index (Phi) is 5.55. The Morgan fingerprint density at radius 1 is 1.17 bits per heavy atom. The van der Waals surface area contributed by atoms with E-state index < -0.39 is 0 Å². The monoisotopic (exact) mass is 406 g/mol. The number of hydrogen-bond acceptors (Lipinski definition) is 9. The molecule has 3 N–H and O–H groups in total.